The third-order valence-electron chi connectivity index (χ3n) is 2.12. The number of hydrogen-bond acceptors (Lipinski definition) is 4. The number of halogens is 1. The Hall–Kier alpha value is -1.07. The lowest BCUT2D eigenvalue weighted by molar-refractivity contribution is 0.0933. The summed E-state index contributed by atoms with van der Waals surface area (Å²) in [6, 6.07) is 3.99. The number of Topliss-reactive ketones (excluding diaryl/α,β-unsaturated/α-hetero) is 1. The van der Waals surface area contributed by atoms with Crippen LogP contribution in [0.1, 0.15) is 16.8 Å². The number of hydrogen-bond donors (Lipinski definition) is 0. The molecule has 1 aliphatic heterocycles. The number of rotatable bonds is 1. The van der Waals surface area contributed by atoms with Crippen LogP contribution in [-0.4, -0.2) is 20.8 Å². The molecule has 0 unspecified atom stereocenters. The Bertz CT molecular complexity index is 521. The van der Waals surface area contributed by atoms with Crippen LogP contribution in [0.25, 0.3) is 0 Å². The third-order valence-corrected chi connectivity index (χ3v) is 3.47. The predicted octanol–water partition coefficient (Wildman–Crippen LogP) is 1.58. The van der Waals surface area contributed by atoms with E-state index in [1.807, 2.05) is 0 Å². The number of carbonyl (C=O) groups excluding carboxylic acids is 1. The topological polar surface area (TPSA) is 60.4 Å². The summed E-state index contributed by atoms with van der Waals surface area (Å²) in [5.41, 5.74) is 0.408. The highest BCUT2D eigenvalue weighted by molar-refractivity contribution is 8.13. The van der Waals surface area contributed by atoms with E-state index in [0.29, 0.717) is 12.0 Å². The Morgan fingerprint density at radius 2 is 2.07 bits per heavy atom. The molecule has 0 radical (unpaired) electrons. The first-order chi connectivity index (χ1) is 6.98. The van der Waals surface area contributed by atoms with Gasteiger partial charge in [-0.2, -0.15) is 0 Å². The molecule has 6 heteroatoms. The van der Waals surface area contributed by atoms with Crippen molar-refractivity contribution in [1.82, 2.24) is 0 Å². The van der Waals surface area contributed by atoms with Crippen LogP contribution in [0.5, 0.6) is 5.75 Å². The predicted molar refractivity (Wildman–Crippen MR) is 53.9 cm³/mol. The van der Waals surface area contributed by atoms with Gasteiger partial charge in [-0.3, -0.25) is 4.79 Å². The van der Waals surface area contributed by atoms with Gasteiger partial charge in [0.2, 0.25) is 0 Å². The Labute approximate surface area is 91.2 Å². The number of benzene rings is 1. The largest absolute Gasteiger partial charge is 0.492 e. The normalized spacial score (nSPS) is 15.7. The zero-order valence-electron chi connectivity index (χ0n) is 7.57. The average Bonchev–Trinajstić information content (AvgIpc) is 2.16. The fraction of sp³-hybridized carbons (Fsp3) is 0.222. The minimum Gasteiger partial charge on any atom is -0.492 e. The Morgan fingerprint density at radius 3 is 2.73 bits per heavy atom. The van der Waals surface area contributed by atoms with E-state index in [2.05, 4.69) is 0 Å². The first kappa shape index (κ1) is 10.4. The molecule has 0 aromatic heterocycles. The molecule has 0 spiro atoms. The van der Waals surface area contributed by atoms with Crippen molar-refractivity contribution < 1.29 is 17.9 Å². The average molecular weight is 247 g/mol. The molecule has 1 aromatic carbocycles. The molecule has 0 saturated carbocycles. The minimum absolute atomic E-state index is 0.0465. The van der Waals surface area contributed by atoms with Crippen LogP contribution in [0.3, 0.4) is 0 Å². The van der Waals surface area contributed by atoms with E-state index in [1.54, 1.807) is 0 Å². The summed E-state index contributed by atoms with van der Waals surface area (Å²) in [6.45, 7) is 0.275. The molecule has 1 aliphatic rings. The smallest absolute Gasteiger partial charge is 0.261 e. The summed E-state index contributed by atoms with van der Waals surface area (Å²) in [5, 5.41) is 0. The summed E-state index contributed by atoms with van der Waals surface area (Å²) < 4.78 is 27.2. The lowest BCUT2D eigenvalue weighted by Gasteiger charge is -2.16. The molecule has 1 aromatic rings. The Kier molecular flexibility index (Phi) is 2.44. The Balaban J connectivity index is 2.56. The van der Waals surface area contributed by atoms with Crippen LogP contribution in [0.15, 0.2) is 23.1 Å². The van der Waals surface area contributed by atoms with Crippen molar-refractivity contribution in [2.75, 3.05) is 6.61 Å². The van der Waals surface area contributed by atoms with Gasteiger partial charge in [-0.15, -0.1) is 0 Å². The van der Waals surface area contributed by atoms with E-state index in [4.69, 9.17) is 15.4 Å². The van der Waals surface area contributed by atoms with Crippen molar-refractivity contribution >= 4 is 25.5 Å². The quantitative estimate of drug-likeness (QED) is 0.706. The third kappa shape index (κ3) is 1.98. The molecule has 0 bridgehead atoms. The number of fused-ring (bicyclic) bond motifs is 1. The highest BCUT2D eigenvalue weighted by Crippen LogP contribution is 2.28. The lowest BCUT2D eigenvalue weighted by Crippen LogP contribution is -2.15. The van der Waals surface area contributed by atoms with Crippen molar-refractivity contribution in [1.29, 1.82) is 0 Å². The zero-order valence-corrected chi connectivity index (χ0v) is 9.14. The summed E-state index contributed by atoms with van der Waals surface area (Å²) in [5.74, 6) is 0.239. The molecule has 0 saturated heterocycles. The van der Waals surface area contributed by atoms with Crippen molar-refractivity contribution in [2.45, 2.75) is 11.3 Å². The van der Waals surface area contributed by atoms with Gasteiger partial charge in [-0.05, 0) is 12.1 Å². The summed E-state index contributed by atoms with van der Waals surface area (Å²) in [4.78, 5) is 11.3. The van der Waals surface area contributed by atoms with Crippen molar-refractivity contribution in [2.24, 2.45) is 0 Å². The molecule has 2 rings (SSSR count). The van der Waals surface area contributed by atoms with Gasteiger partial charge in [0.1, 0.15) is 5.75 Å². The molecular weight excluding hydrogens is 240 g/mol. The first-order valence-corrected chi connectivity index (χ1v) is 6.54. The molecule has 0 fully saturated rings. The maximum Gasteiger partial charge on any atom is 0.261 e. The second-order valence-corrected chi connectivity index (χ2v) is 5.68. The maximum absolute atomic E-state index is 11.4. The molecule has 0 aliphatic carbocycles. The standard InChI is InChI=1S/C9H7ClO4S/c10-15(12,13)6-1-2-7-8(11)3-4-14-9(7)5-6/h1-2,5H,3-4H2. The van der Waals surface area contributed by atoms with Gasteiger partial charge in [0.05, 0.1) is 17.1 Å². The Morgan fingerprint density at radius 1 is 1.33 bits per heavy atom. The number of ketones is 1. The molecule has 0 N–H and O–H groups in total. The van der Waals surface area contributed by atoms with Gasteiger partial charge in [-0.25, -0.2) is 8.42 Å². The van der Waals surface area contributed by atoms with E-state index in [9.17, 15) is 13.2 Å². The van der Waals surface area contributed by atoms with Gasteiger partial charge in [0.25, 0.3) is 9.05 Å². The van der Waals surface area contributed by atoms with Gasteiger partial charge >= 0.3 is 0 Å². The van der Waals surface area contributed by atoms with Gasteiger partial charge < -0.3 is 4.74 Å². The summed E-state index contributed by atoms with van der Waals surface area (Å²) in [6.07, 6.45) is 0.319. The fourth-order valence-electron chi connectivity index (χ4n) is 1.39. The molecule has 15 heavy (non-hydrogen) atoms. The van der Waals surface area contributed by atoms with Crippen LogP contribution < -0.4 is 4.74 Å². The van der Waals surface area contributed by atoms with Crippen molar-refractivity contribution in [3.8, 4) is 5.75 Å². The van der Waals surface area contributed by atoms with Crippen LogP contribution in [0.2, 0.25) is 0 Å². The highest BCUT2D eigenvalue weighted by Gasteiger charge is 2.21. The van der Waals surface area contributed by atoms with Crippen LogP contribution >= 0.6 is 10.7 Å². The second-order valence-electron chi connectivity index (χ2n) is 3.12. The van der Waals surface area contributed by atoms with Gasteiger partial charge in [0.15, 0.2) is 5.78 Å². The number of carbonyl (C=O) groups is 1. The van der Waals surface area contributed by atoms with Crippen molar-refractivity contribution in [3.05, 3.63) is 23.8 Å². The number of ether oxygens (including phenoxy) is 1. The lowest BCUT2D eigenvalue weighted by atomic mass is 10.1. The molecular formula is C9H7ClO4S. The highest BCUT2D eigenvalue weighted by atomic mass is 35.7. The molecule has 80 valence electrons. The van der Waals surface area contributed by atoms with Crippen molar-refractivity contribution in [3.63, 3.8) is 0 Å². The van der Waals surface area contributed by atoms with E-state index < -0.39 is 9.05 Å². The molecule has 0 amide bonds. The summed E-state index contributed by atoms with van der Waals surface area (Å²) in [7, 11) is 1.40. The van der Waals surface area contributed by atoms with Crippen LogP contribution in [-0.2, 0) is 9.05 Å². The minimum atomic E-state index is -3.77. The summed E-state index contributed by atoms with van der Waals surface area (Å²) >= 11 is 0. The van der Waals surface area contributed by atoms with Gasteiger partial charge in [0, 0.05) is 23.2 Å². The maximum atomic E-state index is 11.4. The fourth-order valence-corrected chi connectivity index (χ4v) is 2.16. The zero-order chi connectivity index (χ0) is 11.1. The molecule has 0 atom stereocenters. The second kappa shape index (κ2) is 3.50. The van der Waals surface area contributed by atoms with Crippen LogP contribution in [0.4, 0.5) is 0 Å². The van der Waals surface area contributed by atoms with Gasteiger partial charge in [-0.1, -0.05) is 0 Å². The molecule has 4 nitrogen and oxygen atoms in total. The van der Waals surface area contributed by atoms with Crippen LogP contribution in [0, 0.1) is 0 Å². The SMILES string of the molecule is O=C1CCOc2cc(S(=O)(=O)Cl)ccc21. The first-order valence-electron chi connectivity index (χ1n) is 4.23. The molecule has 1 heterocycles. The monoisotopic (exact) mass is 246 g/mol. The van der Waals surface area contributed by atoms with E-state index >= 15 is 0 Å². The van der Waals surface area contributed by atoms with E-state index in [0.717, 1.165) is 0 Å². The van der Waals surface area contributed by atoms with E-state index in [-0.39, 0.29) is 23.0 Å². The van der Waals surface area contributed by atoms with E-state index in [1.165, 1.54) is 18.2 Å².